The Balaban J connectivity index is 1.84. The molecule has 0 aliphatic carbocycles. The Bertz CT molecular complexity index is 687. The molecular formula is C21H26ClNO3. The lowest BCUT2D eigenvalue weighted by atomic mass is 10.0. The highest BCUT2D eigenvalue weighted by Gasteiger charge is 2.32. The van der Waals surface area contributed by atoms with Crippen molar-refractivity contribution in [2.45, 2.75) is 32.1 Å². The Morgan fingerprint density at radius 3 is 2.31 bits per heavy atom. The zero-order chi connectivity index (χ0) is 18.5. The second-order valence-corrected chi connectivity index (χ2v) is 7.20. The average Bonchev–Trinajstić information content (AvgIpc) is 2.67. The highest BCUT2D eigenvalue weighted by molar-refractivity contribution is 6.30. The van der Waals surface area contributed by atoms with Crippen molar-refractivity contribution in [2.75, 3.05) is 26.8 Å². The quantitative estimate of drug-likeness (QED) is 0.739. The Labute approximate surface area is 160 Å². The molecule has 26 heavy (non-hydrogen) atoms. The second-order valence-electron chi connectivity index (χ2n) is 6.76. The van der Waals surface area contributed by atoms with Crippen molar-refractivity contribution >= 4 is 11.6 Å². The fraction of sp³-hybridized carbons (Fsp3) is 0.429. The highest BCUT2D eigenvalue weighted by Crippen LogP contribution is 2.30. The first-order valence-corrected chi connectivity index (χ1v) is 9.36. The molecule has 2 atom stereocenters. The first-order valence-electron chi connectivity index (χ1n) is 8.98. The van der Waals surface area contributed by atoms with Crippen LogP contribution >= 0.6 is 11.6 Å². The van der Waals surface area contributed by atoms with Crippen molar-refractivity contribution in [3.05, 3.63) is 59.1 Å². The maximum Gasteiger partial charge on any atom is 0.151 e. The first-order chi connectivity index (χ1) is 12.6. The minimum atomic E-state index is -0.206. The summed E-state index contributed by atoms with van der Waals surface area (Å²) in [5.74, 6) is 1.59. The van der Waals surface area contributed by atoms with Crippen molar-refractivity contribution in [1.29, 1.82) is 0 Å². The van der Waals surface area contributed by atoms with E-state index >= 15 is 0 Å². The summed E-state index contributed by atoms with van der Waals surface area (Å²) in [6.45, 7) is 6.91. The van der Waals surface area contributed by atoms with Gasteiger partial charge >= 0.3 is 0 Å². The third-order valence-electron chi connectivity index (χ3n) is 4.71. The highest BCUT2D eigenvalue weighted by atomic mass is 35.5. The lowest BCUT2D eigenvalue weighted by Gasteiger charge is -2.39. The van der Waals surface area contributed by atoms with E-state index in [2.05, 4.69) is 18.7 Å². The summed E-state index contributed by atoms with van der Waals surface area (Å²) >= 11 is 6.07. The van der Waals surface area contributed by atoms with Gasteiger partial charge in [0.05, 0.1) is 13.7 Å². The van der Waals surface area contributed by atoms with Crippen LogP contribution in [-0.4, -0.2) is 43.9 Å². The molecule has 0 N–H and O–H groups in total. The van der Waals surface area contributed by atoms with Gasteiger partial charge in [-0.1, -0.05) is 23.7 Å². The minimum Gasteiger partial charge on any atom is -0.497 e. The predicted molar refractivity (Wildman–Crippen MR) is 104 cm³/mol. The van der Waals surface area contributed by atoms with Crippen LogP contribution in [0, 0.1) is 0 Å². The lowest BCUT2D eigenvalue weighted by Crippen LogP contribution is -2.48. The zero-order valence-electron chi connectivity index (χ0n) is 15.5. The van der Waals surface area contributed by atoms with Crippen LogP contribution < -0.4 is 9.47 Å². The van der Waals surface area contributed by atoms with Crippen LogP contribution in [0.25, 0.3) is 0 Å². The Morgan fingerprint density at radius 1 is 1.04 bits per heavy atom. The molecular weight excluding hydrogens is 350 g/mol. The van der Waals surface area contributed by atoms with Gasteiger partial charge in [-0.2, -0.15) is 0 Å². The Hall–Kier alpha value is -1.75. The van der Waals surface area contributed by atoms with Crippen molar-refractivity contribution in [3.8, 4) is 11.5 Å². The smallest absolute Gasteiger partial charge is 0.151 e. The Kier molecular flexibility index (Phi) is 6.41. The minimum absolute atomic E-state index is 0.0468. The van der Waals surface area contributed by atoms with Gasteiger partial charge in [0.15, 0.2) is 6.10 Å². The largest absolute Gasteiger partial charge is 0.497 e. The van der Waals surface area contributed by atoms with Gasteiger partial charge in [0.2, 0.25) is 0 Å². The van der Waals surface area contributed by atoms with Gasteiger partial charge < -0.3 is 14.2 Å². The number of nitrogens with zero attached hydrogens (tertiary/aromatic N) is 1. The van der Waals surface area contributed by atoms with Crippen LogP contribution in [0.5, 0.6) is 11.5 Å². The average molecular weight is 376 g/mol. The number of hydrogen-bond acceptors (Lipinski definition) is 4. The molecule has 0 aromatic heterocycles. The number of benzene rings is 2. The van der Waals surface area contributed by atoms with E-state index in [4.69, 9.17) is 25.8 Å². The van der Waals surface area contributed by atoms with Gasteiger partial charge in [-0.05, 0) is 55.8 Å². The molecule has 0 bridgehead atoms. The molecule has 140 valence electrons. The van der Waals surface area contributed by atoms with Crippen LogP contribution in [0.2, 0.25) is 5.02 Å². The molecule has 1 fully saturated rings. The van der Waals surface area contributed by atoms with E-state index in [1.54, 1.807) is 7.11 Å². The topological polar surface area (TPSA) is 30.9 Å². The maximum atomic E-state index is 6.36. The molecule has 0 amide bonds. The summed E-state index contributed by atoms with van der Waals surface area (Å²) in [5, 5.41) is 0.713. The molecule has 1 heterocycles. The summed E-state index contributed by atoms with van der Waals surface area (Å²) in [5.41, 5.74) is 1.06. The van der Waals surface area contributed by atoms with Crippen molar-refractivity contribution in [2.24, 2.45) is 0 Å². The molecule has 0 spiro atoms. The van der Waals surface area contributed by atoms with Gasteiger partial charge in [0, 0.05) is 24.2 Å². The molecule has 0 radical (unpaired) electrons. The van der Waals surface area contributed by atoms with E-state index < -0.39 is 0 Å². The normalized spacial score (nSPS) is 19.3. The van der Waals surface area contributed by atoms with E-state index in [9.17, 15) is 0 Å². The van der Waals surface area contributed by atoms with Crippen LogP contribution in [-0.2, 0) is 4.74 Å². The monoisotopic (exact) mass is 375 g/mol. The zero-order valence-corrected chi connectivity index (χ0v) is 16.3. The Morgan fingerprint density at radius 2 is 1.69 bits per heavy atom. The maximum absolute atomic E-state index is 6.36. The SMILES string of the molecule is COc1ccc(OC(c2ccc(Cl)cc2)C2CN(C(C)C)CCO2)cc1. The molecule has 0 saturated carbocycles. The van der Waals surface area contributed by atoms with Gasteiger partial charge in [0.1, 0.15) is 17.6 Å². The molecule has 4 nitrogen and oxygen atoms in total. The number of hydrogen-bond donors (Lipinski definition) is 0. The number of methoxy groups -OCH3 is 1. The summed E-state index contributed by atoms with van der Waals surface area (Å²) in [7, 11) is 1.66. The standard InChI is InChI=1S/C21H26ClNO3/c1-15(2)23-12-13-25-20(14-23)21(16-4-6-17(22)7-5-16)26-19-10-8-18(24-3)9-11-19/h4-11,15,20-21H,12-14H2,1-3H3. The van der Waals surface area contributed by atoms with Crippen LogP contribution in [0.3, 0.4) is 0 Å². The van der Waals surface area contributed by atoms with Gasteiger partial charge in [-0.3, -0.25) is 4.90 Å². The molecule has 2 aromatic carbocycles. The van der Waals surface area contributed by atoms with E-state index in [0.29, 0.717) is 17.7 Å². The van der Waals surface area contributed by atoms with Gasteiger partial charge in [-0.15, -0.1) is 0 Å². The fourth-order valence-electron chi connectivity index (χ4n) is 3.16. The third kappa shape index (κ3) is 4.70. The third-order valence-corrected chi connectivity index (χ3v) is 4.97. The molecule has 5 heteroatoms. The number of rotatable bonds is 6. The number of ether oxygens (including phenoxy) is 3. The van der Waals surface area contributed by atoms with Gasteiger partial charge in [-0.25, -0.2) is 0 Å². The van der Waals surface area contributed by atoms with E-state index in [1.807, 2.05) is 48.5 Å². The van der Waals surface area contributed by atoms with Crippen LogP contribution in [0.15, 0.2) is 48.5 Å². The number of halogens is 1. The number of morpholine rings is 1. The second kappa shape index (κ2) is 8.76. The van der Waals surface area contributed by atoms with Crippen LogP contribution in [0.1, 0.15) is 25.5 Å². The molecule has 2 aromatic rings. The molecule has 3 rings (SSSR count). The van der Waals surface area contributed by atoms with E-state index in [1.165, 1.54) is 0 Å². The molecule has 2 unspecified atom stereocenters. The van der Waals surface area contributed by atoms with Gasteiger partial charge in [0.25, 0.3) is 0 Å². The van der Waals surface area contributed by atoms with Crippen molar-refractivity contribution < 1.29 is 14.2 Å². The van der Waals surface area contributed by atoms with E-state index in [0.717, 1.165) is 30.2 Å². The molecule has 1 aliphatic rings. The van der Waals surface area contributed by atoms with Crippen molar-refractivity contribution in [1.82, 2.24) is 4.90 Å². The lowest BCUT2D eigenvalue weighted by molar-refractivity contribution is -0.0885. The summed E-state index contributed by atoms with van der Waals surface area (Å²) < 4.78 is 17.7. The summed E-state index contributed by atoms with van der Waals surface area (Å²) in [4.78, 5) is 2.43. The van der Waals surface area contributed by atoms with Crippen molar-refractivity contribution in [3.63, 3.8) is 0 Å². The van der Waals surface area contributed by atoms with Crippen LogP contribution in [0.4, 0.5) is 0 Å². The predicted octanol–water partition coefficient (Wildman–Crippen LogP) is 4.58. The first kappa shape index (κ1) is 19.0. The summed E-state index contributed by atoms with van der Waals surface area (Å²) in [6, 6.07) is 15.9. The summed E-state index contributed by atoms with van der Waals surface area (Å²) in [6.07, 6.45) is -0.253. The molecule has 1 aliphatic heterocycles. The molecule has 1 saturated heterocycles. The van der Waals surface area contributed by atoms with E-state index in [-0.39, 0.29) is 12.2 Å². The fourth-order valence-corrected chi connectivity index (χ4v) is 3.29.